The lowest BCUT2D eigenvalue weighted by Gasteiger charge is -2.28. The maximum absolute atomic E-state index is 12.8. The number of pyridine rings is 1. The zero-order valence-corrected chi connectivity index (χ0v) is 12.6. The average Bonchev–Trinajstić information content (AvgIpc) is 2.47. The molecule has 0 fully saturated rings. The number of rotatable bonds is 9. The van der Waals surface area contributed by atoms with Gasteiger partial charge in [-0.3, -0.25) is 9.88 Å². The number of hydrogen-bond donors (Lipinski definition) is 1. The van der Waals surface area contributed by atoms with Crippen molar-refractivity contribution in [3.8, 4) is 0 Å². The summed E-state index contributed by atoms with van der Waals surface area (Å²) in [4.78, 5) is 6.20. The van der Waals surface area contributed by atoms with Crippen molar-refractivity contribution in [2.24, 2.45) is 0 Å². The Hall–Kier alpha value is -1.04. The average molecular weight is 284 g/mol. The van der Waals surface area contributed by atoms with Gasteiger partial charge in [-0.1, -0.05) is 6.92 Å². The maximum atomic E-state index is 12.8. The fourth-order valence-electron chi connectivity index (χ4n) is 2.04. The van der Waals surface area contributed by atoms with Crippen LogP contribution >= 0.6 is 0 Å². The topological polar surface area (TPSA) is 45.6 Å². The molecule has 0 radical (unpaired) electrons. The minimum atomic E-state index is -0.662. The van der Waals surface area contributed by atoms with Crippen molar-refractivity contribution >= 4 is 0 Å². The van der Waals surface area contributed by atoms with Crippen LogP contribution in [-0.2, 0) is 4.74 Å². The molecule has 0 saturated heterocycles. The summed E-state index contributed by atoms with van der Waals surface area (Å²) >= 11 is 0. The second-order valence-electron chi connectivity index (χ2n) is 4.99. The van der Waals surface area contributed by atoms with Crippen LogP contribution in [0.2, 0.25) is 0 Å². The predicted molar refractivity (Wildman–Crippen MR) is 77.0 cm³/mol. The van der Waals surface area contributed by atoms with Gasteiger partial charge in [-0.25, -0.2) is 4.39 Å². The highest BCUT2D eigenvalue weighted by Crippen LogP contribution is 2.16. The third-order valence-electron chi connectivity index (χ3n) is 3.58. The Labute approximate surface area is 120 Å². The number of hydrogen-bond acceptors (Lipinski definition) is 4. The van der Waals surface area contributed by atoms with Crippen LogP contribution in [-0.4, -0.2) is 47.8 Å². The minimum absolute atomic E-state index is 0.387. The second-order valence-corrected chi connectivity index (χ2v) is 4.99. The smallest absolute Gasteiger partial charge is 0.141 e. The lowest BCUT2D eigenvalue weighted by molar-refractivity contribution is 0.0952. The van der Waals surface area contributed by atoms with Gasteiger partial charge in [0.2, 0.25) is 0 Å². The standard InChI is InChI=1S/C15H25FN2O2/c1-4-12(2)18(9-10-20-3)8-7-15(19)14-6-5-13(16)11-17-14/h5-6,11-12,15,19H,4,7-10H2,1-3H3. The minimum Gasteiger partial charge on any atom is -0.387 e. The largest absolute Gasteiger partial charge is 0.387 e. The van der Waals surface area contributed by atoms with Gasteiger partial charge in [0.1, 0.15) is 5.82 Å². The van der Waals surface area contributed by atoms with Crippen molar-refractivity contribution in [2.45, 2.75) is 38.8 Å². The van der Waals surface area contributed by atoms with Crippen LogP contribution in [0.15, 0.2) is 18.3 Å². The molecule has 0 aliphatic heterocycles. The molecule has 0 spiro atoms. The van der Waals surface area contributed by atoms with E-state index in [0.29, 0.717) is 24.8 Å². The third-order valence-corrected chi connectivity index (χ3v) is 3.58. The number of ether oxygens (including phenoxy) is 1. The van der Waals surface area contributed by atoms with Crippen LogP contribution in [0.25, 0.3) is 0 Å². The van der Waals surface area contributed by atoms with Crippen LogP contribution in [0.5, 0.6) is 0 Å². The third kappa shape index (κ3) is 5.53. The van der Waals surface area contributed by atoms with E-state index in [1.807, 2.05) is 0 Å². The number of aliphatic hydroxyl groups excluding tert-OH is 1. The molecule has 0 aliphatic rings. The van der Waals surface area contributed by atoms with Gasteiger partial charge in [-0.2, -0.15) is 0 Å². The molecule has 1 rings (SSSR count). The van der Waals surface area contributed by atoms with E-state index in [0.717, 1.165) is 25.7 Å². The van der Waals surface area contributed by atoms with Gasteiger partial charge in [-0.05, 0) is 31.9 Å². The van der Waals surface area contributed by atoms with E-state index in [1.54, 1.807) is 7.11 Å². The van der Waals surface area contributed by atoms with Crippen LogP contribution in [0, 0.1) is 5.82 Å². The van der Waals surface area contributed by atoms with Crippen LogP contribution in [0.1, 0.15) is 38.5 Å². The Morgan fingerprint density at radius 2 is 2.15 bits per heavy atom. The summed E-state index contributed by atoms with van der Waals surface area (Å²) in [7, 11) is 1.69. The molecule has 0 amide bonds. The van der Waals surface area contributed by atoms with Gasteiger partial charge in [0, 0.05) is 26.2 Å². The predicted octanol–water partition coefficient (Wildman–Crippen LogP) is 2.39. The SMILES string of the molecule is CCC(C)N(CCOC)CCC(O)c1ccc(F)cn1. The molecule has 1 aromatic heterocycles. The van der Waals surface area contributed by atoms with Gasteiger partial charge >= 0.3 is 0 Å². The number of halogens is 1. The van der Waals surface area contributed by atoms with E-state index in [4.69, 9.17) is 4.74 Å². The first-order valence-corrected chi connectivity index (χ1v) is 7.11. The van der Waals surface area contributed by atoms with Gasteiger partial charge in [-0.15, -0.1) is 0 Å². The van der Waals surface area contributed by atoms with Crippen LogP contribution in [0.3, 0.4) is 0 Å². The molecule has 114 valence electrons. The zero-order chi connectivity index (χ0) is 15.0. The molecule has 0 aromatic carbocycles. The summed E-state index contributed by atoms with van der Waals surface area (Å²) in [5, 5.41) is 10.1. The molecule has 1 N–H and O–H groups in total. The quantitative estimate of drug-likeness (QED) is 0.756. The number of methoxy groups -OCH3 is 1. The van der Waals surface area contributed by atoms with E-state index >= 15 is 0 Å². The Morgan fingerprint density at radius 3 is 2.70 bits per heavy atom. The van der Waals surface area contributed by atoms with E-state index in [2.05, 4.69) is 23.7 Å². The molecular formula is C15H25FN2O2. The number of aromatic nitrogens is 1. The van der Waals surface area contributed by atoms with Gasteiger partial charge in [0.25, 0.3) is 0 Å². The first kappa shape index (κ1) is 17.0. The summed E-state index contributed by atoms with van der Waals surface area (Å²) in [6, 6.07) is 3.30. The molecule has 0 bridgehead atoms. The summed E-state index contributed by atoms with van der Waals surface area (Å²) in [5.74, 6) is -0.387. The van der Waals surface area contributed by atoms with Crippen LogP contribution in [0.4, 0.5) is 4.39 Å². The summed E-state index contributed by atoms with van der Waals surface area (Å²) in [6.45, 7) is 6.59. The number of nitrogens with zero attached hydrogens (tertiary/aromatic N) is 2. The van der Waals surface area contributed by atoms with Crippen molar-refractivity contribution in [2.75, 3.05) is 26.8 Å². The van der Waals surface area contributed by atoms with E-state index in [1.165, 1.54) is 12.1 Å². The summed E-state index contributed by atoms with van der Waals surface area (Å²) < 4.78 is 17.9. The van der Waals surface area contributed by atoms with Crippen molar-refractivity contribution < 1.29 is 14.2 Å². The molecule has 20 heavy (non-hydrogen) atoms. The first-order valence-electron chi connectivity index (χ1n) is 7.11. The van der Waals surface area contributed by atoms with E-state index in [-0.39, 0.29) is 5.82 Å². The Balaban J connectivity index is 2.50. The summed E-state index contributed by atoms with van der Waals surface area (Å²) in [6.07, 6.45) is 2.10. The molecule has 2 atom stereocenters. The number of aliphatic hydroxyl groups is 1. The fraction of sp³-hybridized carbons (Fsp3) is 0.667. The van der Waals surface area contributed by atoms with E-state index in [9.17, 15) is 9.50 Å². The molecule has 2 unspecified atom stereocenters. The Kier molecular flexibility index (Phi) is 7.65. The molecule has 0 saturated carbocycles. The molecular weight excluding hydrogens is 259 g/mol. The van der Waals surface area contributed by atoms with Crippen molar-refractivity contribution in [3.05, 3.63) is 29.8 Å². The second kappa shape index (κ2) is 9.00. The first-order chi connectivity index (χ1) is 9.58. The lowest BCUT2D eigenvalue weighted by atomic mass is 10.1. The zero-order valence-electron chi connectivity index (χ0n) is 12.6. The molecule has 5 heteroatoms. The van der Waals surface area contributed by atoms with Crippen molar-refractivity contribution in [1.82, 2.24) is 9.88 Å². The highest BCUT2D eigenvalue weighted by Gasteiger charge is 2.15. The van der Waals surface area contributed by atoms with Gasteiger partial charge in [0.15, 0.2) is 0 Å². The normalized spacial score (nSPS) is 14.5. The van der Waals surface area contributed by atoms with Gasteiger partial charge in [0.05, 0.1) is 24.6 Å². The maximum Gasteiger partial charge on any atom is 0.141 e. The van der Waals surface area contributed by atoms with Crippen LogP contribution < -0.4 is 0 Å². The van der Waals surface area contributed by atoms with Gasteiger partial charge < -0.3 is 9.84 Å². The molecule has 1 heterocycles. The van der Waals surface area contributed by atoms with Crippen molar-refractivity contribution in [3.63, 3.8) is 0 Å². The molecule has 1 aromatic rings. The molecule has 4 nitrogen and oxygen atoms in total. The Morgan fingerprint density at radius 1 is 1.40 bits per heavy atom. The van der Waals surface area contributed by atoms with Crippen molar-refractivity contribution in [1.29, 1.82) is 0 Å². The fourth-order valence-corrected chi connectivity index (χ4v) is 2.04. The monoisotopic (exact) mass is 284 g/mol. The van der Waals surface area contributed by atoms with E-state index < -0.39 is 6.10 Å². The lowest BCUT2D eigenvalue weighted by Crippen LogP contribution is -2.36. The molecule has 0 aliphatic carbocycles. The summed E-state index contributed by atoms with van der Waals surface area (Å²) in [5.41, 5.74) is 0.516. The highest BCUT2D eigenvalue weighted by atomic mass is 19.1. The Bertz CT molecular complexity index is 373. The highest BCUT2D eigenvalue weighted by molar-refractivity contribution is 5.07.